The van der Waals surface area contributed by atoms with Crippen LogP contribution in [0.5, 0.6) is 0 Å². The number of aliphatic hydroxyl groups excluding tert-OH is 1. The summed E-state index contributed by atoms with van der Waals surface area (Å²) in [4.78, 5) is 11.0. The molecular formula is C12H17FN2O2. The first-order valence-corrected chi connectivity index (χ1v) is 5.50. The molecule has 0 saturated heterocycles. The van der Waals surface area contributed by atoms with E-state index in [1.807, 2.05) is 0 Å². The molecule has 94 valence electrons. The van der Waals surface area contributed by atoms with Crippen LogP contribution in [0.4, 0.5) is 10.1 Å². The zero-order chi connectivity index (χ0) is 12.8. The van der Waals surface area contributed by atoms with Gasteiger partial charge in [-0.05, 0) is 25.5 Å². The Balaban J connectivity index is 2.96. The molecule has 17 heavy (non-hydrogen) atoms. The van der Waals surface area contributed by atoms with Crippen molar-refractivity contribution in [1.29, 1.82) is 0 Å². The number of para-hydroxylation sites is 1. The fourth-order valence-electron chi connectivity index (χ4n) is 1.59. The number of hydrogen-bond donors (Lipinski definition) is 3. The van der Waals surface area contributed by atoms with E-state index in [4.69, 9.17) is 5.73 Å². The Hall–Kier alpha value is -1.46. The van der Waals surface area contributed by atoms with Gasteiger partial charge in [0.25, 0.3) is 0 Å². The van der Waals surface area contributed by atoms with Crippen molar-refractivity contribution >= 4 is 11.6 Å². The van der Waals surface area contributed by atoms with Crippen molar-refractivity contribution in [3.8, 4) is 0 Å². The van der Waals surface area contributed by atoms with Crippen LogP contribution >= 0.6 is 0 Å². The Labute approximate surface area is 99.6 Å². The monoisotopic (exact) mass is 240 g/mol. The number of benzene rings is 1. The van der Waals surface area contributed by atoms with E-state index in [1.165, 1.54) is 19.1 Å². The normalized spacial score (nSPS) is 12.2. The lowest BCUT2D eigenvalue weighted by Gasteiger charge is -2.16. The van der Waals surface area contributed by atoms with Crippen LogP contribution in [-0.2, 0) is 4.79 Å². The first kappa shape index (κ1) is 13.6. The molecule has 5 heteroatoms. The molecule has 1 amide bonds. The maximum absolute atomic E-state index is 13.5. The number of halogens is 1. The van der Waals surface area contributed by atoms with E-state index in [-0.39, 0.29) is 11.6 Å². The predicted octanol–water partition coefficient (Wildman–Crippen LogP) is 1.56. The second kappa shape index (κ2) is 6.32. The third-order valence-corrected chi connectivity index (χ3v) is 2.39. The number of anilines is 1. The van der Waals surface area contributed by atoms with Gasteiger partial charge in [0.15, 0.2) is 0 Å². The summed E-state index contributed by atoms with van der Waals surface area (Å²) >= 11 is 0. The van der Waals surface area contributed by atoms with Gasteiger partial charge >= 0.3 is 0 Å². The third-order valence-electron chi connectivity index (χ3n) is 2.39. The van der Waals surface area contributed by atoms with Crippen LogP contribution in [0.1, 0.15) is 31.4 Å². The fourth-order valence-corrected chi connectivity index (χ4v) is 1.59. The van der Waals surface area contributed by atoms with Crippen molar-refractivity contribution in [2.75, 3.05) is 11.9 Å². The molecule has 0 aliphatic carbocycles. The number of rotatable bonds is 5. The summed E-state index contributed by atoms with van der Waals surface area (Å²) in [6, 6.07) is 4.33. The first-order valence-electron chi connectivity index (χ1n) is 5.50. The number of nitrogens with two attached hydrogens (primary N) is 1. The minimum Gasteiger partial charge on any atom is -0.388 e. The number of carbonyl (C=O) groups excluding carboxylic acids is 1. The quantitative estimate of drug-likeness (QED) is 0.731. The summed E-state index contributed by atoms with van der Waals surface area (Å²) < 4.78 is 13.5. The lowest BCUT2D eigenvalue weighted by atomic mass is 10.0. The van der Waals surface area contributed by atoms with Gasteiger partial charge in [-0.2, -0.15) is 0 Å². The number of amides is 1. The van der Waals surface area contributed by atoms with E-state index in [0.29, 0.717) is 24.9 Å². The molecule has 1 rings (SSSR count). The summed E-state index contributed by atoms with van der Waals surface area (Å²) in [5.74, 6) is -0.924. The number of nitrogens with one attached hydrogen (secondary N) is 1. The van der Waals surface area contributed by atoms with Crippen LogP contribution < -0.4 is 11.1 Å². The predicted molar refractivity (Wildman–Crippen MR) is 64.0 cm³/mol. The van der Waals surface area contributed by atoms with Crippen LogP contribution in [-0.4, -0.2) is 17.6 Å². The molecule has 1 aromatic rings. The molecule has 0 aromatic heterocycles. The van der Waals surface area contributed by atoms with E-state index < -0.39 is 11.9 Å². The maximum atomic E-state index is 13.5. The minimum absolute atomic E-state index is 0.0459. The summed E-state index contributed by atoms with van der Waals surface area (Å²) in [6.45, 7) is 1.75. The summed E-state index contributed by atoms with van der Waals surface area (Å²) in [7, 11) is 0. The van der Waals surface area contributed by atoms with Crippen LogP contribution in [0.3, 0.4) is 0 Å². The molecule has 0 bridgehead atoms. The Morgan fingerprint density at radius 3 is 2.88 bits per heavy atom. The zero-order valence-corrected chi connectivity index (χ0v) is 9.74. The van der Waals surface area contributed by atoms with Crippen LogP contribution in [0, 0.1) is 5.82 Å². The van der Waals surface area contributed by atoms with Crippen molar-refractivity contribution < 1.29 is 14.3 Å². The second-order valence-electron chi connectivity index (χ2n) is 3.83. The van der Waals surface area contributed by atoms with E-state index in [9.17, 15) is 14.3 Å². The Morgan fingerprint density at radius 2 is 2.29 bits per heavy atom. The van der Waals surface area contributed by atoms with Crippen molar-refractivity contribution in [2.24, 2.45) is 5.73 Å². The fraction of sp³-hybridized carbons (Fsp3) is 0.417. The maximum Gasteiger partial charge on any atom is 0.221 e. The smallest absolute Gasteiger partial charge is 0.221 e. The van der Waals surface area contributed by atoms with Crippen molar-refractivity contribution in [2.45, 2.75) is 25.9 Å². The lowest BCUT2D eigenvalue weighted by molar-refractivity contribution is -0.114. The number of hydrogen-bond acceptors (Lipinski definition) is 3. The average molecular weight is 240 g/mol. The molecule has 4 N–H and O–H groups in total. The van der Waals surface area contributed by atoms with E-state index in [0.717, 1.165) is 0 Å². The molecule has 0 radical (unpaired) electrons. The standard InChI is InChI=1S/C12H17FN2O2/c1-8(16)15-12-9(4-2-5-10(12)13)11(17)6-3-7-14/h2,4-5,11,17H,3,6-7,14H2,1H3,(H,15,16). The highest BCUT2D eigenvalue weighted by Gasteiger charge is 2.16. The van der Waals surface area contributed by atoms with Gasteiger partial charge in [-0.15, -0.1) is 0 Å². The highest BCUT2D eigenvalue weighted by atomic mass is 19.1. The van der Waals surface area contributed by atoms with Crippen molar-refractivity contribution in [1.82, 2.24) is 0 Å². The summed E-state index contributed by atoms with van der Waals surface area (Å²) in [6.07, 6.45) is 0.250. The second-order valence-corrected chi connectivity index (χ2v) is 3.83. The first-order chi connectivity index (χ1) is 8.06. The molecule has 4 nitrogen and oxygen atoms in total. The van der Waals surface area contributed by atoms with E-state index in [2.05, 4.69) is 5.32 Å². The average Bonchev–Trinajstić information content (AvgIpc) is 2.28. The number of carbonyl (C=O) groups is 1. The third kappa shape index (κ3) is 3.80. The van der Waals surface area contributed by atoms with Crippen molar-refractivity contribution in [3.05, 3.63) is 29.6 Å². The highest BCUT2D eigenvalue weighted by molar-refractivity contribution is 5.89. The van der Waals surface area contributed by atoms with Gasteiger partial charge in [0.1, 0.15) is 5.82 Å². The van der Waals surface area contributed by atoms with Crippen molar-refractivity contribution in [3.63, 3.8) is 0 Å². The molecule has 0 spiro atoms. The van der Waals surface area contributed by atoms with E-state index >= 15 is 0 Å². The molecule has 0 aliphatic rings. The van der Waals surface area contributed by atoms with Crippen LogP contribution in [0.25, 0.3) is 0 Å². The zero-order valence-electron chi connectivity index (χ0n) is 9.74. The topological polar surface area (TPSA) is 75.3 Å². The van der Waals surface area contributed by atoms with Gasteiger partial charge in [-0.25, -0.2) is 4.39 Å². The van der Waals surface area contributed by atoms with Gasteiger partial charge < -0.3 is 16.2 Å². The highest BCUT2D eigenvalue weighted by Crippen LogP contribution is 2.28. The Bertz CT molecular complexity index is 396. The SMILES string of the molecule is CC(=O)Nc1c(F)cccc1C(O)CCCN. The van der Waals surface area contributed by atoms with Gasteiger partial charge in [-0.1, -0.05) is 12.1 Å². The van der Waals surface area contributed by atoms with Gasteiger partial charge in [0.2, 0.25) is 5.91 Å². The minimum atomic E-state index is -0.823. The van der Waals surface area contributed by atoms with Crippen LogP contribution in [0.2, 0.25) is 0 Å². The summed E-state index contributed by atoms with van der Waals surface area (Å²) in [5.41, 5.74) is 5.78. The van der Waals surface area contributed by atoms with Gasteiger partial charge in [0, 0.05) is 12.5 Å². The lowest BCUT2D eigenvalue weighted by Crippen LogP contribution is -2.12. The molecule has 0 saturated carbocycles. The summed E-state index contributed by atoms with van der Waals surface area (Å²) in [5, 5.41) is 12.3. The largest absolute Gasteiger partial charge is 0.388 e. The Kier molecular flexibility index (Phi) is 5.06. The molecule has 0 heterocycles. The molecule has 1 atom stereocenters. The Morgan fingerprint density at radius 1 is 1.59 bits per heavy atom. The van der Waals surface area contributed by atoms with Gasteiger partial charge in [0.05, 0.1) is 11.8 Å². The van der Waals surface area contributed by atoms with Crippen LogP contribution in [0.15, 0.2) is 18.2 Å². The molecular weight excluding hydrogens is 223 g/mol. The molecule has 1 aromatic carbocycles. The van der Waals surface area contributed by atoms with Gasteiger partial charge in [-0.3, -0.25) is 4.79 Å². The number of aliphatic hydroxyl groups is 1. The molecule has 0 aliphatic heterocycles. The molecule has 1 unspecified atom stereocenters. The van der Waals surface area contributed by atoms with E-state index in [1.54, 1.807) is 6.07 Å². The molecule has 0 fully saturated rings.